The number of nitrogens with zero attached hydrogens (tertiary/aromatic N) is 1. The van der Waals surface area contributed by atoms with Gasteiger partial charge in [-0.2, -0.15) is 0 Å². The lowest BCUT2D eigenvalue weighted by molar-refractivity contribution is -0.136. The second-order valence-electron chi connectivity index (χ2n) is 8.52. The molecule has 4 rings (SSSR count). The first kappa shape index (κ1) is 21.8. The van der Waals surface area contributed by atoms with E-state index in [1.807, 2.05) is 56.3 Å². The Morgan fingerprint density at radius 2 is 1.71 bits per heavy atom. The first-order chi connectivity index (χ1) is 14.8. The van der Waals surface area contributed by atoms with Gasteiger partial charge in [-0.25, -0.2) is 9.69 Å². The fourth-order valence-corrected chi connectivity index (χ4v) is 5.15. The van der Waals surface area contributed by atoms with Gasteiger partial charge in [-0.1, -0.05) is 54.1 Å². The Labute approximate surface area is 187 Å². The first-order valence-electron chi connectivity index (χ1n) is 10.5. The molecule has 2 aliphatic rings. The minimum Gasteiger partial charge on any atom is -0.446 e. The number of ether oxygens (including phenoxy) is 2. The fraction of sp³-hybridized carbons (Fsp3) is 0.417. The summed E-state index contributed by atoms with van der Waals surface area (Å²) in [7, 11) is 0. The van der Waals surface area contributed by atoms with E-state index < -0.39 is 29.5 Å². The number of rotatable bonds is 4. The normalized spacial score (nSPS) is 29.5. The molecule has 2 aromatic rings. The highest BCUT2D eigenvalue weighted by Gasteiger charge is 2.51. The summed E-state index contributed by atoms with van der Waals surface area (Å²) in [4.78, 5) is 27.5. The summed E-state index contributed by atoms with van der Waals surface area (Å²) in [5.41, 5.74) is 7.78. The lowest BCUT2D eigenvalue weighted by Gasteiger charge is -2.47. The molecule has 2 aromatic carbocycles. The van der Waals surface area contributed by atoms with Crippen LogP contribution in [0.3, 0.4) is 0 Å². The molecule has 7 heteroatoms. The third kappa shape index (κ3) is 4.07. The number of hydrogen-bond donors (Lipinski definition) is 1. The lowest BCUT2D eigenvalue weighted by atomic mass is 9.65. The van der Waals surface area contributed by atoms with Crippen molar-refractivity contribution in [3.8, 4) is 0 Å². The molecule has 0 unspecified atom stereocenters. The van der Waals surface area contributed by atoms with Crippen LogP contribution in [0.4, 0.5) is 4.79 Å². The number of carbonyl (C=O) groups excluding carboxylic acids is 2. The molecule has 2 aliphatic heterocycles. The lowest BCUT2D eigenvalue weighted by Crippen LogP contribution is -2.60. The molecule has 5 atom stereocenters. The average Bonchev–Trinajstić information content (AvgIpc) is 3.14. The molecule has 2 heterocycles. The molecule has 0 aromatic heterocycles. The molecule has 2 fully saturated rings. The van der Waals surface area contributed by atoms with Crippen LogP contribution in [-0.2, 0) is 19.7 Å². The zero-order valence-electron chi connectivity index (χ0n) is 17.7. The van der Waals surface area contributed by atoms with Crippen molar-refractivity contribution in [3.05, 3.63) is 70.7 Å². The number of imide groups is 1. The number of cyclic esters (lactones) is 1. The van der Waals surface area contributed by atoms with Gasteiger partial charge in [0.25, 0.3) is 0 Å². The maximum absolute atomic E-state index is 13.7. The van der Waals surface area contributed by atoms with Gasteiger partial charge in [0, 0.05) is 10.4 Å². The van der Waals surface area contributed by atoms with Crippen molar-refractivity contribution in [1.82, 2.24) is 4.90 Å². The number of carbonyl (C=O) groups is 2. The monoisotopic (exact) mass is 442 g/mol. The van der Waals surface area contributed by atoms with Crippen molar-refractivity contribution >= 4 is 23.6 Å². The van der Waals surface area contributed by atoms with Gasteiger partial charge in [0.2, 0.25) is 5.91 Å². The van der Waals surface area contributed by atoms with Crippen molar-refractivity contribution in [2.24, 2.45) is 5.73 Å². The summed E-state index contributed by atoms with van der Waals surface area (Å²) in [5, 5.41) is 0.610. The van der Waals surface area contributed by atoms with Crippen LogP contribution in [-0.4, -0.2) is 41.8 Å². The van der Waals surface area contributed by atoms with Crippen LogP contribution in [0, 0.1) is 0 Å². The fourth-order valence-electron chi connectivity index (χ4n) is 5.02. The van der Waals surface area contributed by atoms with Crippen LogP contribution in [0.15, 0.2) is 54.6 Å². The Balaban J connectivity index is 1.72. The van der Waals surface area contributed by atoms with Crippen LogP contribution in [0.2, 0.25) is 5.02 Å². The largest absolute Gasteiger partial charge is 0.446 e. The van der Waals surface area contributed by atoms with Gasteiger partial charge >= 0.3 is 6.09 Å². The molecule has 2 saturated heterocycles. The molecular weight excluding hydrogens is 416 g/mol. The Bertz CT molecular complexity index is 940. The quantitative estimate of drug-likeness (QED) is 0.766. The van der Waals surface area contributed by atoms with Crippen molar-refractivity contribution in [3.63, 3.8) is 0 Å². The highest BCUT2D eigenvalue weighted by atomic mass is 35.5. The molecule has 0 aliphatic carbocycles. The molecule has 0 radical (unpaired) electrons. The molecular formula is C24H27ClN2O4. The molecule has 0 bridgehead atoms. The predicted octanol–water partition coefficient (Wildman–Crippen LogP) is 4.21. The van der Waals surface area contributed by atoms with Gasteiger partial charge in [-0.15, -0.1) is 0 Å². The van der Waals surface area contributed by atoms with E-state index in [-0.39, 0.29) is 18.8 Å². The van der Waals surface area contributed by atoms with Crippen molar-refractivity contribution in [2.45, 2.75) is 56.4 Å². The second kappa shape index (κ2) is 8.61. The van der Waals surface area contributed by atoms with Crippen LogP contribution < -0.4 is 5.73 Å². The second-order valence-corrected chi connectivity index (χ2v) is 8.95. The van der Waals surface area contributed by atoms with E-state index >= 15 is 0 Å². The molecule has 0 saturated carbocycles. The van der Waals surface area contributed by atoms with Crippen LogP contribution >= 0.6 is 11.6 Å². The summed E-state index contributed by atoms with van der Waals surface area (Å²) >= 11 is 6.11. The van der Waals surface area contributed by atoms with E-state index in [0.29, 0.717) is 17.9 Å². The first-order valence-corrected chi connectivity index (χ1v) is 10.9. The number of amides is 2. The zero-order valence-corrected chi connectivity index (χ0v) is 18.4. The van der Waals surface area contributed by atoms with E-state index in [0.717, 1.165) is 11.1 Å². The van der Waals surface area contributed by atoms with Gasteiger partial charge in [0.15, 0.2) is 0 Å². The van der Waals surface area contributed by atoms with Crippen molar-refractivity contribution in [1.29, 1.82) is 0 Å². The number of benzene rings is 2. The van der Waals surface area contributed by atoms with E-state index in [1.165, 1.54) is 4.90 Å². The Hall–Kier alpha value is -2.41. The van der Waals surface area contributed by atoms with Gasteiger partial charge < -0.3 is 15.2 Å². The van der Waals surface area contributed by atoms with E-state index in [4.69, 9.17) is 26.8 Å². The summed E-state index contributed by atoms with van der Waals surface area (Å²) in [6.45, 7) is 4.08. The van der Waals surface area contributed by atoms with E-state index in [9.17, 15) is 9.59 Å². The Morgan fingerprint density at radius 3 is 2.32 bits per heavy atom. The average molecular weight is 443 g/mol. The number of halogens is 1. The number of nitrogens with two attached hydrogens (primary N) is 1. The zero-order chi connectivity index (χ0) is 22.2. The third-order valence-electron chi connectivity index (χ3n) is 6.34. The Morgan fingerprint density at radius 1 is 1.10 bits per heavy atom. The minimum atomic E-state index is -0.945. The van der Waals surface area contributed by atoms with Crippen LogP contribution in [0.5, 0.6) is 0 Å². The van der Waals surface area contributed by atoms with Gasteiger partial charge in [0.1, 0.15) is 12.6 Å². The molecule has 0 spiro atoms. The molecule has 31 heavy (non-hydrogen) atoms. The summed E-state index contributed by atoms with van der Waals surface area (Å²) in [5.74, 6) is -0.437. The highest BCUT2D eigenvalue weighted by molar-refractivity contribution is 6.30. The van der Waals surface area contributed by atoms with Gasteiger partial charge in [-0.3, -0.25) is 4.79 Å². The van der Waals surface area contributed by atoms with Crippen LogP contribution in [0.1, 0.15) is 43.9 Å². The maximum atomic E-state index is 13.7. The standard InChI is InChI=1S/C24H27ClN2O4/c1-15-12-24(13-16(2)31-15,18-8-10-19(25)11-9-18)21(26)22(28)27-20(14-30-23(27)29)17-6-4-3-5-7-17/h3-11,15-16,20-21H,12-14,26H2,1-2H3/t15-,16+,20-,21-,24+/m1/s1. The minimum absolute atomic E-state index is 0.0891. The number of hydrogen-bond acceptors (Lipinski definition) is 5. The maximum Gasteiger partial charge on any atom is 0.417 e. The van der Waals surface area contributed by atoms with Crippen LogP contribution in [0.25, 0.3) is 0 Å². The van der Waals surface area contributed by atoms with E-state index in [2.05, 4.69) is 0 Å². The SMILES string of the molecule is C[C@@H]1C[C@](c2ccc(Cl)cc2)([C@H](N)C(=O)N2C(=O)OC[C@@H]2c2ccccc2)C[C@H](C)O1. The Kier molecular flexibility index (Phi) is 6.06. The predicted molar refractivity (Wildman–Crippen MR) is 118 cm³/mol. The van der Waals surface area contributed by atoms with E-state index in [1.54, 1.807) is 12.1 Å². The molecule has 2 amide bonds. The summed E-state index contributed by atoms with van der Waals surface area (Å²) in [6, 6.07) is 15.4. The van der Waals surface area contributed by atoms with Gasteiger partial charge in [-0.05, 0) is 49.9 Å². The van der Waals surface area contributed by atoms with Crippen molar-refractivity contribution < 1.29 is 19.1 Å². The smallest absolute Gasteiger partial charge is 0.417 e. The summed E-state index contributed by atoms with van der Waals surface area (Å²) in [6.07, 6.45) is 0.284. The van der Waals surface area contributed by atoms with Crippen molar-refractivity contribution in [2.75, 3.05) is 6.61 Å². The third-order valence-corrected chi connectivity index (χ3v) is 6.60. The topological polar surface area (TPSA) is 81.9 Å². The molecule has 6 nitrogen and oxygen atoms in total. The highest BCUT2D eigenvalue weighted by Crippen LogP contribution is 2.43. The summed E-state index contributed by atoms with van der Waals surface area (Å²) < 4.78 is 11.2. The molecule has 164 valence electrons. The van der Waals surface area contributed by atoms with Gasteiger partial charge in [0.05, 0.1) is 18.2 Å². The molecule has 2 N–H and O–H groups in total.